The minimum absolute atomic E-state index is 0.0200. The first-order valence-electron chi connectivity index (χ1n) is 6.18. The van der Waals surface area contributed by atoms with Crippen LogP contribution in [0.4, 0.5) is 0 Å². The SMILES string of the molecule is CC(C)NC(=O)CSc1ncc(-c2ccc(Br)cc2)o1. The highest BCUT2D eigenvalue weighted by atomic mass is 79.9. The normalized spacial score (nSPS) is 10.8. The number of carbonyl (C=O) groups is 1. The van der Waals surface area contributed by atoms with Gasteiger partial charge in [0.2, 0.25) is 5.91 Å². The summed E-state index contributed by atoms with van der Waals surface area (Å²) < 4.78 is 6.64. The molecule has 106 valence electrons. The van der Waals surface area contributed by atoms with E-state index in [-0.39, 0.29) is 11.9 Å². The number of oxazole rings is 1. The molecule has 0 atom stereocenters. The minimum atomic E-state index is -0.0200. The van der Waals surface area contributed by atoms with E-state index in [0.717, 1.165) is 10.0 Å². The second-order valence-corrected chi connectivity index (χ2v) is 6.35. The van der Waals surface area contributed by atoms with Crippen molar-refractivity contribution in [2.45, 2.75) is 25.1 Å². The molecule has 0 unspecified atom stereocenters. The predicted molar refractivity (Wildman–Crippen MR) is 83.6 cm³/mol. The van der Waals surface area contributed by atoms with Crippen LogP contribution in [0.1, 0.15) is 13.8 Å². The first-order chi connectivity index (χ1) is 9.54. The van der Waals surface area contributed by atoms with Crippen LogP contribution in [-0.2, 0) is 4.79 Å². The van der Waals surface area contributed by atoms with Crippen molar-refractivity contribution in [2.75, 3.05) is 5.75 Å². The van der Waals surface area contributed by atoms with E-state index >= 15 is 0 Å². The van der Waals surface area contributed by atoms with Crippen molar-refractivity contribution in [1.29, 1.82) is 0 Å². The van der Waals surface area contributed by atoms with Gasteiger partial charge in [0.15, 0.2) is 5.76 Å². The maximum absolute atomic E-state index is 11.5. The average molecular weight is 355 g/mol. The Hall–Kier alpha value is -1.27. The number of hydrogen-bond donors (Lipinski definition) is 1. The van der Waals surface area contributed by atoms with Crippen LogP contribution in [0.2, 0.25) is 0 Å². The molecule has 2 aromatic rings. The molecule has 6 heteroatoms. The Morgan fingerprint density at radius 3 is 2.75 bits per heavy atom. The topological polar surface area (TPSA) is 55.1 Å². The maximum Gasteiger partial charge on any atom is 0.256 e. The van der Waals surface area contributed by atoms with E-state index in [1.165, 1.54) is 11.8 Å². The third-order valence-corrected chi connectivity index (χ3v) is 3.76. The predicted octanol–water partition coefficient (Wildman–Crippen LogP) is 3.72. The fourth-order valence-corrected chi connectivity index (χ4v) is 2.44. The monoisotopic (exact) mass is 354 g/mol. The molecule has 0 fully saturated rings. The number of aromatic nitrogens is 1. The number of carbonyl (C=O) groups excluding carboxylic acids is 1. The van der Waals surface area contributed by atoms with Gasteiger partial charge in [-0.1, -0.05) is 39.8 Å². The van der Waals surface area contributed by atoms with Gasteiger partial charge in [0.25, 0.3) is 5.22 Å². The van der Waals surface area contributed by atoms with Gasteiger partial charge in [-0.05, 0) is 26.0 Å². The number of nitrogens with zero attached hydrogens (tertiary/aromatic N) is 1. The van der Waals surface area contributed by atoms with Gasteiger partial charge in [-0.15, -0.1) is 0 Å². The highest BCUT2D eigenvalue weighted by Gasteiger charge is 2.10. The molecule has 1 amide bonds. The lowest BCUT2D eigenvalue weighted by Crippen LogP contribution is -2.31. The van der Waals surface area contributed by atoms with E-state index in [4.69, 9.17) is 4.42 Å². The Kier molecular flexibility index (Phi) is 5.25. The first-order valence-corrected chi connectivity index (χ1v) is 7.96. The Labute approximate surface area is 130 Å². The van der Waals surface area contributed by atoms with E-state index in [9.17, 15) is 4.79 Å². The zero-order valence-electron chi connectivity index (χ0n) is 11.2. The molecule has 1 N–H and O–H groups in total. The lowest BCUT2D eigenvalue weighted by atomic mass is 10.2. The third-order valence-electron chi connectivity index (χ3n) is 2.39. The molecule has 4 nitrogen and oxygen atoms in total. The smallest absolute Gasteiger partial charge is 0.256 e. The molecule has 0 saturated heterocycles. The molecular weight excluding hydrogens is 340 g/mol. The highest BCUT2D eigenvalue weighted by Crippen LogP contribution is 2.26. The summed E-state index contributed by atoms with van der Waals surface area (Å²) >= 11 is 4.68. The van der Waals surface area contributed by atoms with Crippen LogP contribution in [0.15, 0.2) is 44.6 Å². The van der Waals surface area contributed by atoms with Crippen molar-refractivity contribution >= 4 is 33.6 Å². The van der Waals surface area contributed by atoms with Crippen LogP contribution >= 0.6 is 27.7 Å². The highest BCUT2D eigenvalue weighted by molar-refractivity contribution is 9.10. The van der Waals surface area contributed by atoms with Crippen molar-refractivity contribution in [2.24, 2.45) is 0 Å². The maximum atomic E-state index is 11.5. The quantitative estimate of drug-likeness (QED) is 0.831. The summed E-state index contributed by atoms with van der Waals surface area (Å²) in [6, 6.07) is 7.93. The molecule has 1 aromatic heterocycles. The summed E-state index contributed by atoms with van der Waals surface area (Å²) in [6.07, 6.45) is 1.67. The largest absolute Gasteiger partial charge is 0.431 e. The zero-order chi connectivity index (χ0) is 14.5. The van der Waals surface area contributed by atoms with Crippen LogP contribution in [0.3, 0.4) is 0 Å². The third kappa shape index (κ3) is 4.38. The molecule has 1 aromatic carbocycles. The molecule has 0 bridgehead atoms. The first kappa shape index (κ1) is 15.1. The minimum Gasteiger partial charge on any atom is -0.431 e. The Bertz CT molecular complexity index is 581. The van der Waals surface area contributed by atoms with Crippen LogP contribution in [-0.4, -0.2) is 22.7 Å². The summed E-state index contributed by atoms with van der Waals surface area (Å²) in [7, 11) is 0. The molecule has 0 saturated carbocycles. The van der Waals surface area contributed by atoms with Gasteiger partial charge in [-0.3, -0.25) is 4.79 Å². The molecule has 0 aliphatic rings. The number of rotatable bonds is 5. The molecule has 0 aliphatic heterocycles. The van der Waals surface area contributed by atoms with Gasteiger partial charge in [0.05, 0.1) is 11.9 Å². The standard InChI is InChI=1S/C14H15BrN2O2S/c1-9(2)17-13(18)8-20-14-16-7-12(19-14)10-3-5-11(15)6-4-10/h3-7,9H,8H2,1-2H3,(H,17,18). The van der Waals surface area contributed by atoms with Crippen molar-refractivity contribution in [3.63, 3.8) is 0 Å². The van der Waals surface area contributed by atoms with Crippen LogP contribution in [0.5, 0.6) is 0 Å². The van der Waals surface area contributed by atoms with Crippen LogP contribution in [0.25, 0.3) is 11.3 Å². The van der Waals surface area contributed by atoms with Gasteiger partial charge in [0, 0.05) is 16.1 Å². The summed E-state index contributed by atoms with van der Waals surface area (Å²) in [5, 5.41) is 3.32. The van der Waals surface area contributed by atoms with Crippen LogP contribution in [0, 0.1) is 0 Å². The Morgan fingerprint density at radius 2 is 2.10 bits per heavy atom. The molecule has 0 spiro atoms. The second-order valence-electron chi connectivity index (χ2n) is 4.51. The number of benzene rings is 1. The fraction of sp³-hybridized carbons (Fsp3) is 0.286. The van der Waals surface area contributed by atoms with Crippen molar-refractivity contribution in [1.82, 2.24) is 10.3 Å². The lowest BCUT2D eigenvalue weighted by molar-refractivity contribution is -0.119. The summed E-state index contributed by atoms with van der Waals surface area (Å²) in [5.41, 5.74) is 0.958. The molecule has 0 aliphatic carbocycles. The number of amides is 1. The van der Waals surface area contributed by atoms with Gasteiger partial charge < -0.3 is 9.73 Å². The van der Waals surface area contributed by atoms with Gasteiger partial charge in [0.1, 0.15) is 0 Å². The van der Waals surface area contributed by atoms with Gasteiger partial charge in [-0.2, -0.15) is 0 Å². The van der Waals surface area contributed by atoms with Gasteiger partial charge in [-0.25, -0.2) is 4.98 Å². The van der Waals surface area contributed by atoms with E-state index in [1.54, 1.807) is 6.20 Å². The average Bonchev–Trinajstić information content (AvgIpc) is 2.85. The van der Waals surface area contributed by atoms with Crippen molar-refractivity contribution in [3.8, 4) is 11.3 Å². The summed E-state index contributed by atoms with van der Waals surface area (Å²) in [5.74, 6) is 0.982. The Morgan fingerprint density at radius 1 is 1.40 bits per heavy atom. The van der Waals surface area contributed by atoms with E-state index in [1.807, 2.05) is 38.1 Å². The van der Waals surface area contributed by atoms with E-state index < -0.39 is 0 Å². The number of hydrogen-bond acceptors (Lipinski definition) is 4. The Balaban J connectivity index is 1.95. The summed E-state index contributed by atoms with van der Waals surface area (Å²) in [6.45, 7) is 3.86. The fourth-order valence-electron chi connectivity index (χ4n) is 1.56. The van der Waals surface area contributed by atoms with Crippen molar-refractivity contribution < 1.29 is 9.21 Å². The van der Waals surface area contributed by atoms with Crippen molar-refractivity contribution in [3.05, 3.63) is 34.9 Å². The van der Waals surface area contributed by atoms with Gasteiger partial charge >= 0.3 is 0 Å². The van der Waals surface area contributed by atoms with Crippen LogP contribution < -0.4 is 5.32 Å². The number of nitrogens with one attached hydrogen (secondary N) is 1. The molecule has 1 heterocycles. The zero-order valence-corrected chi connectivity index (χ0v) is 13.6. The molecule has 2 rings (SSSR count). The number of halogens is 1. The number of thioether (sulfide) groups is 1. The summed E-state index contributed by atoms with van der Waals surface area (Å²) in [4.78, 5) is 15.7. The lowest BCUT2D eigenvalue weighted by Gasteiger charge is -2.06. The van der Waals surface area contributed by atoms with E-state index in [2.05, 4.69) is 26.2 Å². The molecule has 20 heavy (non-hydrogen) atoms. The molecular formula is C14H15BrN2O2S. The van der Waals surface area contributed by atoms with E-state index in [0.29, 0.717) is 16.7 Å². The second kappa shape index (κ2) is 6.95. The molecule has 0 radical (unpaired) electrons.